The maximum absolute atomic E-state index is 12.4. The Morgan fingerprint density at radius 2 is 1.89 bits per heavy atom. The van der Waals surface area contributed by atoms with Crippen molar-refractivity contribution in [2.75, 3.05) is 19.6 Å². The topological polar surface area (TPSA) is 108 Å². The number of imide groups is 1. The molecule has 2 fully saturated rings. The van der Waals surface area contributed by atoms with Crippen LogP contribution < -0.4 is 5.69 Å². The number of hydrogen-bond acceptors (Lipinski definition) is 6. The molecule has 0 bridgehead atoms. The van der Waals surface area contributed by atoms with Crippen molar-refractivity contribution in [1.82, 2.24) is 24.6 Å². The van der Waals surface area contributed by atoms with Crippen LogP contribution in [-0.4, -0.2) is 61.9 Å². The highest BCUT2D eigenvalue weighted by Gasteiger charge is 2.33. The molecule has 2 aromatic rings. The number of rotatable bonds is 5. The van der Waals surface area contributed by atoms with E-state index in [-0.39, 0.29) is 42.8 Å². The molecular formula is C18H21N5O4S. The molecule has 9 nitrogen and oxygen atoms in total. The van der Waals surface area contributed by atoms with E-state index in [1.807, 2.05) is 17.5 Å². The molecule has 2 saturated heterocycles. The Kier molecular flexibility index (Phi) is 5.12. The van der Waals surface area contributed by atoms with E-state index < -0.39 is 0 Å². The second-order valence-electron chi connectivity index (χ2n) is 7.13. The number of aromatic nitrogens is 3. The first kappa shape index (κ1) is 18.6. The zero-order valence-electron chi connectivity index (χ0n) is 15.3. The van der Waals surface area contributed by atoms with Gasteiger partial charge in [0.25, 0.3) is 0 Å². The number of amides is 3. The van der Waals surface area contributed by atoms with Gasteiger partial charge in [0.1, 0.15) is 17.4 Å². The Hall–Kier alpha value is -2.75. The van der Waals surface area contributed by atoms with E-state index >= 15 is 0 Å². The molecule has 148 valence electrons. The molecule has 4 rings (SSSR count). The quantitative estimate of drug-likeness (QED) is 0.734. The molecule has 0 aliphatic carbocycles. The van der Waals surface area contributed by atoms with Crippen molar-refractivity contribution in [3.05, 3.63) is 33.8 Å². The maximum Gasteiger partial charge on any atom is 0.348 e. The molecule has 10 heteroatoms. The fourth-order valence-electron chi connectivity index (χ4n) is 3.77. The lowest BCUT2D eigenvalue weighted by Crippen LogP contribution is -2.45. The Bertz CT molecular complexity index is 924. The van der Waals surface area contributed by atoms with Crippen LogP contribution in [0, 0.1) is 5.92 Å². The largest absolute Gasteiger partial charge is 0.348 e. The van der Waals surface area contributed by atoms with Crippen molar-refractivity contribution in [3.8, 4) is 5.00 Å². The average Bonchev–Trinajstić information content (AvgIpc) is 3.40. The van der Waals surface area contributed by atoms with E-state index in [1.54, 1.807) is 9.47 Å². The molecule has 1 N–H and O–H groups in total. The summed E-state index contributed by atoms with van der Waals surface area (Å²) in [6.45, 7) is 1.00. The summed E-state index contributed by atoms with van der Waals surface area (Å²) in [6.07, 6.45) is 2.63. The summed E-state index contributed by atoms with van der Waals surface area (Å²) < 4.78 is 1.60. The zero-order chi connectivity index (χ0) is 19.7. The van der Waals surface area contributed by atoms with Gasteiger partial charge in [-0.2, -0.15) is 5.10 Å². The van der Waals surface area contributed by atoms with Crippen molar-refractivity contribution in [3.63, 3.8) is 0 Å². The van der Waals surface area contributed by atoms with Gasteiger partial charge >= 0.3 is 5.69 Å². The third-order valence-corrected chi connectivity index (χ3v) is 6.21. The molecule has 3 amide bonds. The average molecular weight is 403 g/mol. The summed E-state index contributed by atoms with van der Waals surface area (Å²) in [5.74, 6) is 0.299. The van der Waals surface area contributed by atoms with Crippen LogP contribution >= 0.6 is 11.3 Å². The van der Waals surface area contributed by atoms with E-state index in [9.17, 15) is 19.2 Å². The van der Waals surface area contributed by atoms with Gasteiger partial charge in [0.15, 0.2) is 0 Å². The van der Waals surface area contributed by atoms with Crippen LogP contribution in [-0.2, 0) is 20.8 Å². The molecule has 4 heterocycles. The van der Waals surface area contributed by atoms with Gasteiger partial charge in [0, 0.05) is 32.4 Å². The molecule has 2 aromatic heterocycles. The van der Waals surface area contributed by atoms with Crippen LogP contribution in [0.3, 0.4) is 0 Å². The van der Waals surface area contributed by atoms with Crippen LogP contribution in [0.2, 0.25) is 0 Å². The predicted octanol–water partition coefficient (Wildman–Crippen LogP) is 0.552. The second kappa shape index (κ2) is 7.70. The van der Waals surface area contributed by atoms with Gasteiger partial charge in [0.2, 0.25) is 17.7 Å². The fraction of sp³-hybridized carbons (Fsp3) is 0.500. The molecule has 0 radical (unpaired) electrons. The van der Waals surface area contributed by atoms with Gasteiger partial charge in [-0.05, 0) is 36.3 Å². The smallest absolute Gasteiger partial charge is 0.341 e. The van der Waals surface area contributed by atoms with Gasteiger partial charge in [-0.1, -0.05) is 0 Å². The van der Waals surface area contributed by atoms with Crippen LogP contribution in [0.25, 0.3) is 5.00 Å². The first-order valence-corrected chi connectivity index (χ1v) is 10.2. The number of thiophene rings is 1. The third-order valence-electron chi connectivity index (χ3n) is 5.36. The van der Waals surface area contributed by atoms with Crippen molar-refractivity contribution in [1.29, 1.82) is 0 Å². The number of aromatic amines is 1. The molecular weight excluding hydrogens is 382 g/mol. The van der Waals surface area contributed by atoms with Gasteiger partial charge in [-0.25, -0.2) is 14.5 Å². The van der Waals surface area contributed by atoms with Gasteiger partial charge in [0.05, 0.1) is 0 Å². The minimum absolute atomic E-state index is 0.153. The van der Waals surface area contributed by atoms with Gasteiger partial charge < -0.3 is 4.90 Å². The molecule has 0 atom stereocenters. The molecule has 0 saturated carbocycles. The Morgan fingerprint density at radius 1 is 1.18 bits per heavy atom. The van der Waals surface area contributed by atoms with E-state index in [0.29, 0.717) is 31.3 Å². The lowest BCUT2D eigenvalue weighted by molar-refractivity contribution is -0.146. The van der Waals surface area contributed by atoms with E-state index in [0.717, 1.165) is 22.7 Å². The Labute approximate surface area is 164 Å². The van der Waals surface area contributed by atoms with Crippen molar-refractivity contribution in [2.24, 2.45) is 5.92 Å². The normalized spacial score (nSPS) is 18.3. The number of hydrogen-bond donors (Lipinski definition) is 1. The first-order chi connectivity index (χ1) is 13.5. The molecule has 0 unspecified atom stereocenters. The monoisotopic (exact) mass is 403 g/mol. The van der Waals surface area contributed by atoms with Gasteiger partial charge in [-0.3, -0.25) is 19.3 Å². The van der Waals surface area contributed by atoms with Gasteiger partial charge in [-0.15, -0.1) is 11.3 Å². The standard InChI is InChI=1S/C18H21N5O4S/c24-14-3-4-15(25)22(14)11-16(26)21-7-5-12(6-8-21)10-13-19-20-18(27)23(13)17-2-1-9-28-17/h1-2,9,12H,3-8,10-11H2,(H,20,27). The number of H-pyrrole nitrogens is 1. The third kappa shape index (κ3) is 3.64. The zero-order valence-corrected chi connectivity index (χ0v) is 16.1. The molecule has 0 aromatic carbocycles. The summed E-state index contributed by atoms with van der Waals surface area (Å²) in [7, 11) is 0. The van der Waals surface area contributed by atoms with E-state index in [2.05, 4.69) is 10.2 Å². The first-order valence-electron chi connectivity index (χ1n) is 9.34. The number of nitrogens with one attached hydrogen (secondary N) is 1. The number of piperidine rings is 1. The Morgan fingerprint density at radius 3 is 2.54 bits per heavy atom. The number of carbonyl (C=O) groups excluding carboxylic acids is 3. The lowest BCUT2D eigenvalue weighted by Gasteiger charge is -2.32. The SMILES string of the molecule is O=C(CN1C(=O)CCC1=O)N1CCC(Cc2n[nH]c(=O)n2-c2cccs2)CC1. The molecule has 2 aliphatic rings. The van der Waals surface area contributed by atoms with Crippen molar-refractivity contribution >= 4 is 29.1 Å². The molecule has 0 spiro atoms. The van der Waals surface area contributed by atoms with Crippen LogP contribution in [0.4, 0.5) is 0 Å². The van der Waals surface area contributed by atoms with E-state index in [4.69, 9.17) is 0 Å². The highest BCUT2D eigenvalue weighted by Crippen LogP contribution is 2.23. The fourth-order valence-corrected chi connectivity index (χ4v) is 4.52. The van der Waals surface area contributed by atoms with Crippen molar-refractivity contribution in [2.45, 2.75) is 32.1 Å². The van der Waals surface area contributed by atoms with Crippen molar-refractivity contribution < 1.29 is 14.4 Å². The van der Waals surface area contributed by atoms with Crippen LogP contribution in [0.15, 0.2) is 22.3 Å². The van der Waals surface area contributed by atoms with Crippen LogP contribution in [0.1, 0.15) is 31.5 Å². The highest BCUT2D eigenvalue weighted by atomic mass is 32.1. The molecule has 2 aliphatic heterocycles. The number of nitrogens with zero attached hydrogens (tertiary/aromatic N) is 4. The maximum atomic E-state index is 12.4. The minimum atomic E-state index is -0.265. The Balaban J connectivity index is 1.34. The minimum Gasteiger partial charge on any atom is -0.341 e. The van der Waals surface area contributed by atoms with E-state index in [1.165, 1.54) is 11.3 Å². The number of likely N-dealkylation sites (tertiary alicyclic amines) is 2. The predicted molar refractivity (Wildman–Crippen MR) is 101 cm³/mol. The number of carbonyl (C=O) groups is 3. The summed E-state index contributed by atoms with van der Waals surface area (Å²) in [6, 6.07) is 3.77. The molecule has 28 heavy (non-hydrogen) atoms. The summed E-state index contributed by atoms with van der Waals surface area (Å²) in [4.78, 5) is 50.7. The summed E-state index contributed by atoms with van der Waals surface area (Å²) >= 11 is 1.48. The summed E-state index contributed by atoms with van der Waals surface area (Å²) in [5, 5.41) is 9.45. The second-order valence-corrected chi connectivity index (χ2v) is 8.06. The lowest BCUT2D eigenvalue weighted by atomic mass is 9.93. The summed E-state index contributed by atoms with van der Waals surface area (Å²) in [5.41, 5.74) is -0.245. The van der Waals surface area contributed by atoms with Crippen LogP contribution in [0.5, 0.6) is 0 Å². The highest BCUT2D eigenvalue weighted by molar-refractivity contribution is 7.12.